The Morgan fingerprint density at radius 3 is 2.35 bits per heavy atom. The monoisotopic (exact) mass is 284 g/mol. The molecule has 1 heterocycles. The van der Waals surface area contributed by atoms with Crippen LogP contribution in [0.15, 0.2) is 0 Å². The minimum Gasteiger partial charge on any atom is -0.481 e. The quantitative estimate of drug-likeness (QED) is 0.777. The Morgan fingerprint density at radius 1 is 1.35 bits per heavy atom. The molecule has 1 aliphatic rings. The van der Waals surface area contributed by atoms with Crippen molar-refractivity contribution in [2.45, 2.75) is 40.0 Å². The molecule has 2 N–H and O–H groups in total. The molecule has 0 spiro atoms. The van der Waals surface area contributed by atoms with Crippen LogP contribution in [0.25, 0.3) is 0 Å². The van der Waals surface area contributed by atoms with E-state index in [1.807, 2.05) is 13.8 Å². The second kappa shape index (κ2) is 7.07. The SMILES string of the molecule is CC(C)C(C)(CC(=O)NCC1CCN(C)CC1)C(=O)O. The fourth-order valence-corrected chi connectivity index (χ4v) is 2.45. The van der Waals surface area contributed by atoms with E-state index in [4.69, 9.17) is 0 Å². The number of rotatable bonds is 6. The molecule has 0 aliphatic carbocycles. The summed E-state index contributed by atoms with van der Waals surface area (Å²) in [5.74, 6) is -0.608. The molecular weight excluding hydrogens is 256 g/mol. The number of amides is 1. The normalized spacial score (nSPS) is 20.6. The first-order chi connectivity index (χ1) is 9.25. The average Bonchev–Trinajstić information content (AvgIpc) is 2.37. The number of nitrogens with one attached hydrogen (secondary N) is 1. The lowest BCUT2D eigenvalue weighted by atomic mass is 9.76. The number of carbonyl (C=O) groups excluding carboxylic acids is 1. The highest BCUT2D eigenvalue weighted by atomic mass is 16.4. The van der Waals surface area contributed by atoms with Gasteiger partial charge in [0.05, 0.1) is 5.41 Å². The fourth-order valence-electron chi connectivity index (χ4n) is 2.45. The van der Waals surface area contributed by atoms with Gasteiger partial charge in [0.25, 0.3) is 0 Å². The highest BCUT2D eigenvalue weighted by Crippen LogP contribution is 2.31. The number of piperidine rings is 1. The largest absolute Gasteiger partial charge is 0.481 e. The topological polar surface area (TPSA) is 69.6 Å². The summed E-state index contributed by atoms with van der Waals surface area (Å²) in [6.45, 7) is 8.14. The zero-order chi connectivity index (χ0) is 15.3. The Kier molecular flexibility index (Phi) is 5.99. The van der Waals surface area contributed by atoms with E-state index in [1.165, 1.54) is 0 Å². The summed E-state index contributed by atoms with van der Waals surface area (Å²) < 4.78 is 0. The molecule has 0 saturated carbocycles. The number of carboxylic acid groups (broad SMARTS) is 1. The van der Waals surface area contributed by atoms with E-state index in [2.05, 4.69) is 17.3 Å². The van der Waals surface area contributed by atoms with Crippen LogP contribution >= 0.6 is 0 Å². The second-order valence-corrected chi connectivity index (χ2v) is 6.60. The van der Waals surface area contributed by atoms with Gasteiger partial charge in [0, 0.05) is 13.0 Å². The van der Waals surface area contributed by atoms with E-state index in [1.54, 1.807) is 6.92 Å². The third kappa shape index (κ3) is 4.47. The van der Waals surface area contributed by atoms with Gasteiger partial charge in [-0.25, -0.2) is 0 Å². The number of nitrogens with zero attached hydrogens (tertiary/aromatic N) is 1. The Hall–Kier alpha value is -1.10. The van der Waals surface area contributed by atoms with Crippen molar-refractivity contribution in [3.8, 4) is 0 Å². The highest BCUT2D eigenvalue weighted by Gasteiger charge is 2.38. The molecule has 1 rings (SSSR count). The number of carbonyl (C=O) groups is 2. The van der Waals surface area contributed by atoms with Crippen LogP contribution in [0.3, 0.4) is 0 Å². The van der Waals surface area contributed by atoms with Gasteiger partial charge in [-0.2, -0.15) is 0 Å². The van der Waals surface area contributed by atoms with Gasteiger partial charge in [-0.3, -0.25) is 9.59 Å². The summed E-state index contributed by atoms with van der Waals surface area (Å²) >= 11 is 0. The van der Waals surface area contributed by atoms with Crippen LogP contribution in [-0.2, 0) is 9.59 Å². The number of likely N-dealkylation sites (tertiary alicyclic amines) is 1. The van der Waals surface area contributed by atoms with Crippen LogP contribution in [0.2, 0.25) is 0 Å². The lowest BCUT2D eigenvalue weighted by molar-refractivity contribution is -0.153. The van der Waals surface area contributed by atoms with Gasteiger partial charge in [0.2, 0.25) is 5.91 Å². The summed E-state index contributed by atoms with van der Waals surface area (Å²) in [6.07, 6.45) is 2.24. The Morgan fingerprint density at radius 2 is 1.90 bits per heavy atom. The molecule has 0 aromatic rings. The van der Waals surface area contributed by atoms with Gasteiger partial charge < -0.3 is 15.3 Å². The minimum absolute atomic E-state index is 0.0482. The Balaban J connectivity index is 2.41. The molecule has 1 unspecified atom stereocenters. The van der Waals surface area contributed by atoms with E-state index >= 15 is 0 Å². The predicted octanol–water partition coefficient (Wildman–Crippen LogP) is 1.58. The molecular formula is C15H28N2O3. The average molecular weight is 284 g/mol. The standard InChI is InChI=1S/C15H28N2O3/c1-11(2)15(3,14(19)20)9-13(18)16-10-12-5-7-17(4)8-6-12/h11-12H,5-10H2,1-4H3,(H,16,18)(H,19,20). The molecule has 0 bridgehead atoms. The van der Waals surface area contributed by atoms with Gasteiger partial charge in [-0.1, -0.05) is 13.8 Å². The third-order valence-electron chi connectivity index (χ3n) is 4.72. The molecule has 0 aromatic heterocycles. The minimum atomic E-state index is -0.989. The van der Waals surface area contributed by atoms with Crippen LogP contribution in [-0.4, -0.2) is 48.6 Å². The van der Waals surface area contributed by atoms with E-state index in [-0.39, 0.29) is 18.2 Å². The van der Waals surface area contributed by atoms with Crippen molar-refractivity contribution >= 4 is 11.9 Å². The molecule has 1 amide bonds. The van der Waals surface area contributed by atoms with Crippen LogP contribution < -0.4 is 5.32 Å². The maximum atomic E-state index is 12.0. The fraction of sp³-hybridized carbons (Fsp3) is 0.867. The molecule has 1 atom stereocenters. The molecule has 116 valence electrons. The first-order valence-electron chi connectivity index (χ1n) is 7.44. The molecule has 0 aromatic carbocycles. The summed E-state index contributed by atoms with van der Waals surface area (Å²) in [6, 6.07) is 0. The van der Waals surface area contributed by atoms with Gasteiger partial charge >= 0.3 is 5.97 Å². The summed E-state index contributed by atoms with van der Waals surface area (Å²) in [5, 5.41) is 12.2. The van der Waals surface area contributed by atoms with E-state index in [0.717, 1.165) is 25.9 Å². The van der Waals surface area contributed by atoms with Crippen molar-refractivity contribution < 1.29 is 14.7 Å². The highest BCUT2D eigenvalue weighted by molar-refractivity contribution is 5.84. The number of carboxylic acids is 1. The van der Waals surface area contributed by atoms with Crippen molar-refractivity contribution in [1.82, 2.24) is 10.2 Å². The van der Waals surface area contributed by atoms with Crippen molar-refractivity contribution in [3.63, 3.8) is 0 Å². The molecule has 20 heavy (non-hydrogen) atoms. The van der Waals surface area contributed by atoms with Crippen molar-refractivity contribution in [3.05, 3.63) is 0 Å². The van der Waals surface area contributed by atoms with Crippen LogP contribution in [0.1, 0.15) is 40.0 Å². The molecule has 5 heteroatoms. The maximum absolute atomic E-state index is 12.0. The van der Waals surface area contributed by atoms with Gasteiger partial charge in [-0.15, -0.1) is 0 Å². The first-order valence-corrected chi connectivity index (χ1v) is 7.44. The molecule has 1 saturated heterocycles. The van der Waals surface area contributed by atoms with Gasteiger partial charge in [-0.05, 0) is 51.7 Å². The van der Waals surface area contributed by atoms with Crippen LogP contribution in [0, 0.1) is 17.3 Å². The van der Waals surface area contributed by atoms with E-state index in [0.29, 0.717) is 12.5 Å². The Labute approximate surface area is 121 Å². The summed E-state index contributed by atoms with van der Waals surface area (Å²) in [5.41, 5.74) is -0.989. The van der Waals surface area contributed by atoms with E-state index in [9.17, 15) is 14.7 Å². The molecule has 1 aliphatic heterocycles. The summed E-state index contributed by atoms with van der Waals surface area (Å²) in [7, 11) is 2.11. The van der Waals surface area contributed by atoms with Gasteiger partial charge in [0.15, 0.2) is 0 Å². The number of hydrogen-bond donors (Lipinski definition) is 2. The van der Waals surface area contributed by atoms with Crippen molar-refractivity contribution in [2.75, 3.05) is 26.7 Å². The second-order valence-electron chi connectivity index (χ2n) is 6.60. The lowest BCUT2D eigenvalue weighted by Gasteiger charge is -2.30. The predicted molar refractivity (Wildman–Crippen MR) is 78.4 cm³/mol. The van der Waals surface area contributed by atoms with Crippen molar-refractivity contribution in [2.24, 2.45) is 17.3 Å². The number of aliphatic carboxylic acids is 1. The Bertz CT molecular complexity index is 349. The number of hydrogen-bond acceptors (Lipinski definition) is 3. The lowest BCUT2D eigenvalue weighted by Crippen LogP contribution is -2.41. The zero-order valence-electron chi connectivity index (χ0n) is 13.1. The van der Waals surface area contributed by atoms with Crippen LogP contribution in [0.4, 0.5) is 0 Å². The first kappa shape index (κ1) is 17.0. The van der Waals surface area contributed by atoms with E-state index < -0.39 is 11.4 Å². The molecule has 1 fully saturated rings. The molecule has 5 nitrogen and oxygen atoms in total. The summed E-state index contributed by atoms with van der Waals surface area (Å²) in [4.78, 5) is 25.6. The van der Waals surface area contributed by atoms with Gasteiger partial charge in [0.1, 0.15) is 0 Å². The zero-order valence-corrected chi connectivity index (χ0v) is 13.1. The maximum Gasteiger partial charge on any atom is 0.310 e. The third-order valence-corrected chi connectivity index (χ3v) is 4.72. The smallest absolute Gasteiger partial charge is 0.310 e. The van der Waals surface area contributed by atoms with Crippen LogP contribution in [0.5, 0.6) is 0 Å². The molecule has 0 radical (unpaired) electrons. The van der Waals surface area contributed by atoms with Crippen molar-refractivity contribution in [1.29, 1.82) is 0 Å².